The molecule has 6 heteroatoms. The molecule has 1 amide bonds. The standard InChI is InChI=1S/C11H20N4O2/c1-3-5-15-8-9(7-14-15)10(11(12)16)13-4-6-17-2/h7-8,10,13H,3-6H2,1-2H3,(H2,12,16). The molecule has 0 radical (unpaired) electrons. The minimum absolute atomic E-state index is 0.405. The minimum atomic E-state index is -0.504. The number of primary amides is 1. The van der Waals surface area contributed by atoms with E-state index in [4.69, 9.17) is 10.5 Å². The van der Waals surface area contributed by atoms with Crippen LogP contribution >= 0.6 is 0 Å². The van der Waals surface area contributed by atoms with Crippen LogP contribution < -0.4 is 11.1 Å². The quantitative estimate of drug-likeness (QED) is 0.629. The molecule has 0 fully saturated rings. The highest BCUT2D eigenvalue weighted by Crippen LogP contribution is 2.11. The van der Waals surface area contributed by atoms with E-state index < -0.39 is 11.9 Å². The van der Waals surface area contributed by atoms with E-state index in [2.05, 4.69) is 17.3 Å². The second-order valence-corrected chi connectivity index (χ2v) is 3.82. The van der Waals surface area contributed by atoms with Crippen molar-refractivity contribution in [2.45, 2.75) is 25.9 Å². The van der Waals surface area contributed by atoms with E-state index in [9.17, 15) is 4.79 Å². The lowest BCUT2D eigenvalue weighted by molar-refractivity contribution is -0.120. The molecule has 0 aromatic carbocycles. The number of carbonyl (C=O) groups excluding carboxylic acids is 1. The maximum Gasteiger partial charge on any atom is 0.239 e. The summed E-state index contributed by atoms with van der Waals surface area (Å²) in [6, 6.07) is -0.504. The fourth-order valence-electron chi connectivity index (χ4n) is 1.57. The monoisotopic (exact) mass is 240 g/mol. The lowest BCUT2D eigenvalue weighted by atomic mass is 10.1. The van der Waals surface area contributed by atoms with Crippen molar-refractivity contribution in [3.05, 3.63) is 18.0 Å². The molecule has 0 spiro atoms. The average molecular weight is 240 g/mol. The summed E-state index contributed by atoms with van der Waals surface area (Å²) in [4.78, 5) is 11.3. The van der Waals surface area contributed by atoms with Crippen LogP contribution in [0.2, 0.25) is 0 Å². The van der Waals surface area contributed by atoms with Crippen molar-refractivity contribution in [1.29, 1.82) is 0 Å². The number of nitrogens with two attached hydrogens (primary N) is 1. The predicted octanol–water partition coefficient (Wildman–Crippen LogP) is 0.0555. The molecule has 0 aliphatic heterocycles. The highest BCUT2D eigenvalue weighted by Gasteiger charge is 2.18. The largest absolute Gasteiger partial charge is 0.383 e. The van der Waals surface area contributed by atoms with E-state index >= 15 is 0 Å². The van der Waals surface area contributed by atoms with Gasteiger partial charge in [-0.3, -0.25) is 14.8 Å². The van der Waals surface area contributed by atoms with Gasteiger partial charge in [0.25, 0.3) is 0 Å². The molecule has 1 aromatic heterocycles. The number of nitrogens with one attached hydrogen (secondary N) is 1. The molecule has 1 unspecified atom stereocenters. The third-order valence-electron chi connectivity index (χ3n) is 2.38. The molecule has 0 saturated heterocycles. The van der Waals surface area contributed by atoms with Crippen molar-refractivity contribution in [3.8, 4) is 0 Å². The summed E-state index contributed by atoms with van der Waals surface area (Å²) in [5.74, 6) is -0.405. The Hall–Kier alpha value is -1.40. The van der Waals surface area contributed by atoms with Gasteiger partial charge in [-0.1, -0.05) is 6.92 Å². The molecule has 3 N–H and O–H groups in total. The second kappa shape index (κ2) is 7.03. The third kappa shape index (κ3) is 4.16. The van der Waals surface area contributed by atoms with Crippen LogP contribution in [-0.4, -0.2) is 35.9 Å². The van der Waals surface area contributed by atoms with Gasteiger partial charge in [0.1, 0.15) is 6.04 Å². The van der Waals surface area contributed by atoms with Gasteiger partial charge in [0, 0.05) is 32.0 Å². The number of carbonyl (C=O) groups is 1. The normalized spacial score (nSPS) is 12.6. The summed E-state index contributed by atoms with van der Waals surface area (Å²) >= 11 is 0. The molecule has 0 aliphatic rings. The Morgan fingerprint density at radius 2 is 2.47 bits per heavy atom. The molecule has 0 saturated carbocycles. The Labute approximate surface area is 101 Å². The molecular formula is C11H20N4O2. The van der Waals surface area contributed by atoms with Crippen LogP contribution in [0.1, 0.15) is 24.9 Å². The van der Waals surface area contributed by atoms with Crippen molar-refractivity contribution < 1.29 is 9.53 Å². The van der Waals surface area contributed by atoms with Gasteiger partial charge in [0.2, 0.25) is 5.91 Å². The number of hydrogen-bond donors (Lipinski definition) is 2. The number of amides is 1. The Balaban J connectivity index is 2.64. The Morgan fingerprint density at radius 3 is 3.06 bits per heavy atom. The SMILES string of the molecule is CCCn1cc(C(NCCOC)C(N)=O)cn1. The van der Waals surface area contributed by atoms with E-state index in [0.717, 1.165) is 18.5 Å². The summed E-state index contributed by atoms with van der Waals surface area (Å²) in [5.41, 5.74) is 6.15. The molecule has 96 valence electrons. The van der Waals surface area contributed by atoms with Gasteiger partial charge in [-0.2, -0.15) is 5.10 Å². The number of hydrogen-bond acceptors (Lipinski definition) is 4. The molecule has 6 nitrogen and oxygen atoms in total. The summed E-state index contributed by atoms with van der Waals surface area (Å²) in [6.45, 7) is 4.02. The van der Waals surface area contributed by atoms with Crippen molar-refractivity contribution in [2.24, 2.45) is 5.73 Å². The predicted molar refractivity (Wildman–Crippen MR) is 64.3 cm³/mol. The summed E-state index contributed by atoms with van der Waals surface area (Å²) in [7, 11) is 1.61. The first kappa shape index (κ1) is 13.7. The van der Waals surface area contributed by atoms with Crippen molar-refractivity contribution in [1.82, 2.24) is 15.1 Å². The zero-order valence-electron chi connectivity index (χ0n) is 10.3. The summed E-state index contributed by atoms with van der Waals surface area (Å²) in [5, 5.41) is 7.21. The number of nitrogens with zero attached hydrogens (tertiary/aromatic N) is 2. The molecule has 1 aromatic rings. The first-order valence-corrected chi connectivity index (χ1v) is 5.73. The van der Waals surface area contributed by atoms with Crippen LogP contribution in [0.25, 0.3) is 0 Å². The zero-order chi connectivity index (χ0) is 12.7. The highest BCUT2D eigenvalue weighted by molar-refractivity contribution is 5.81. The van der Waals surface area contributed by atoms with E-state index in [1.165, 1.54) is 0 Å². The molecule has 0 aliphatic carbocycles. The summed E-state index contributed by atoms with van der Waals surface area (Å²) < 4.78 is 6.72. The van der Waals surface area contributed by atoms with Gasteiger partial charge in [0.15, 0.2) is 0 Å². The van der Waals surface area contributed by atoms with Crippen LogP contribution in [0.3, 0.4) is 0 Å². The number of rotatable bonds is 8. The van der Waals surface area contributed by atoms with Crippen LogP contribution in [0, 0.1) is 0 Å². The number of aromatic nitrogens is 2. The Morgan fingerprint density at radius 1 is 1.71 bits per heavy atom. The second-order valence-electron chi connectivity index (χ2n) is 3.82. The topological polar surface area (TPSA) is 82.2 Å². The van der Waals surface area contributed by atoms with Gasteiger partial charge in [-0.05, 0) is 6.42 Å². The van der Waals surface area contributed by atoms with Gasteiger partial charge < -0.3 is 10.5 Å². The Bertz CT molecular complexity index is 351. The molecule has 17 heavy (non-hydrogen) atoms. The van der Waals surface area contributed by atoms with Gasteiger partial charge in [-0.15, -0.1) is 0 Å². The highest BCUT2D eigenvalue weighted by atomic mass is 16.5. The molecule has 0 bridgehead atoms. The van der Waals surface area contributed by atoms with Gasteiger partial charge in [0.05, 0.1) is 12.8 Å². The van der Waals surface area contributed by atoms with Crippen LogP contribution in [0.4, 0.5) is 0 Å². The molecule has 1 heterocycles. The van der Waals surface area contributed by atoms with Gasteiger partial charge in [-0.25, -0.2) is 0 Å². The Kier molecular flexibility index (Phi) is 5.65. The maximum absolute atomic E-state index is 11.3. The fraction of sp³-hybridized carbons (Fsp3) is 0.636. The first-order valence-electron chi connectivity index (χ1n) is 5.73. The van der Waals surface area contributed by atoms with E-state index in [-0.39, 0.29) is 0 Å². The zero-order valence-corrected chi connectivity index (χ0v) is 10.3. The molecule has 1 rings (SSSR count). The van der Waals surface area contributed by atoms with E-state index in [0.29, 0.717) is 13.2 Å². The lowest BCUT2D eigenvalue weighted by Crippen LogP contribution is -2.35. The average Bonchev–Trinajstić information content (AvgIpc) is 2.73. The van der Waals surface area contributed by atoms with Crippen molar-refractivity contribution >= 4 is 5.91 Å². The van der Waals surface area contributed by atoms with E-state index in [1.807, 2.05) is 10.9 Å². The summed E-state index contributed by atoms with van der Waals surface area (Å²) in [6.07, 6.45) is 4.52. The smallest absolute Gasteiger partial charge is 0.239 e. The number of aryl methyl sites for hydroxylation is 1. The molecule has 1 atom stereocenters. The first-order chi connectivity index (χ1) is 8.19. The minimum Gasteiger partial charge on any atom is -0.383 e. The third-order valence-corrected chi connectivity index (χ3v) is 2.38. The van der Waals surface area contributed by atoms with Crippen molar-refractivity contribution in [2.75, 3.05) is 20.3 Å². The van der Waals surface area contributed by atoms with Crippen LogP contribution in [0.5, 0.6) is 0 Å². The van der Waals surface area contributed by atoms with E-state index in [1.54, 1.807) is 13.3 Å². The van der Waals surface area contributed by atoms with Crippen LogP contribution in [-0.2, 0) is 16.1 Å². The van der Waals surface area contributed by atoms with Crippen LogP contribution in [0.15, 0.2) is 12.4 Å². The number of methoxy groups -OCH3 is 1. The molecular weight excluding hydrogens is 220 g/mol. The lowest BCUT2D eigenvalue weighted by Gasteiger charge is -2.13. The van der Waals surface area contributed by atoms with Gasteiger partial charge >= 0.3 is 0 Å². The fourth-order valence-corrected chi connectivity index (χ4v) is 1.57. The maximum atomic E-state index is 11.3. The number of ether oxygens (including phenoxy) is 1. The van der Waals surface area contributed by atoms with Crippen molar-refractivity contribution in [3.63, 3.8) is 0 Å².